The van der Waals surface area contributed by atoms with Crippen molar-refractivity contribution in [3.05, 3.63) is 100 Å². The second-order valence-electron chi connectivity index (χ2n) is 17.3. The average Bonchev–Trinajstić information content (AvgIpc) is 3.68. The Morgan fingerprint density at radius 3 is 2.11 bits per heavy atom. The third-order valence-electron chi connectivity index (χ3n) is 12.2. The number of aliphatic hydroxyl groups excluding tert-OH is 1. The van der Waals surface area contributed by atoms with Gasteiger partial charge in [0, 0.05) is 79.0 Å². The van der Waals surface area contributed by atoms with Gasteiger partial charge in [-0.1, -0.05) is 117 Å². The Morgan fingerprint density at radius 2 is 1.50 bits per heavy atom. The first-order chi connectivity index (χ1) is 25.9. The Balaban J connectivity index is 0.000000330. The van der Waals surface area contributed by atoms with E-state index in [1.54, 1.807) is 0 Å². The molecule has 6 heteroatoms. The van der Waals surface area contributed by atoms with Gasteiger partial charge in [-0.15, -0.1) is 51.8 Å². The van der Waals surface area contributed by atoms with Crippen molar-refractivity contribution in [1.82, 2.24) is 4.98 Å². The number of nitrogens with zero attached hydrogens (tertiary/aromatic N) is 1. The van der Waals surface area contributed by atoms with E-state index < -0.39 is 0 Å². The molecule has 0 amide bonds. The molecule has 6 aromatic rings. The molecule has 3 nitrogen and oxygen atoms in total. The summed E-state index contributed by atoms with van der Waals surface area (Å²) in [4.78, 5) is 19.9. The number of aliphatic hydroxyl groups is 1. The first-order valence-electron chi connectivity index (χ1n) is 20.2. The van der Waals surface area contributed by atoms with Crippen LogP contribution in [-0.2, 0) is 36.7 Å². The largest absolute Gasteiger partial charge is 0.512 e. The number of rotatable bonds is 11. The molecular formula is C50H62IrNO2S2-. The molecule has 0 aliphatic carbocycles. The Bertz CT molecular complexity index is 2340. The van der Waals surface area contributed by atoms with E-state index in [1.165, 1.54) is 63.6 Å². The van der Waals surface area contributed by atoms with E-state index in [1.807, 2.05) is 70.4 Å². The topological polar surface area (TPSA) is 50.2 Å². The molecule has 1 radical (unpaired) electrons. The normalized spacial score (nSPS) is 12.6. The van der Waals surface area contributed by atoms with Gasteiger partial charge in [-0.05, 0) is 85.9 Å². The van der Waals surface area contributed by atoms with Crippen LogP contribution in [0.4, 0.5) is 0 Å². The number of fused-ring (bicyclic) bond motifs is 3. The number of aromatic nitrogens is 1. The second-order valence-corrected chi connectivity index (χ2v) is 19.6. The summed E-state index contributed by atoms with van der Waals surface area (Å²) in [6.07, 6.45) is 7.84. The molecule has 0 unspecified atom stereocenters. The minimum atomic E-state index is -0.337. The summed E-state index contributed by atoms with van der Waals surface area (Å²) in [7, 11) is 0. The van der Waals surface area contributed by atoms with E-state index in [0.29, 0.717) is 5.92 Å². The number of carbonyl (C=O) groups excluding carboxylic acids is 1. The van der Waals surface area contributed by atoms with Crippen molar-refractivity contribution in [3.8, 4) is 21.7 Å². The van der Waals surface area contributed by atoms with Gasteiger partial charge in [-0.25, -0.2) is 0 Å². The standard InChI is InChI=1S/C35H34NS2.C15H28O2.Ir/c1-20(2)17-28-22(4)37-30-14-10-13-27(31(28)30)33-21(3)25-15-16-36-32(34(25)38-33)24-18-23-11-8-9-12-26(23)29(19-24)35(5,6)7;1-7-14(5,8-2)12(16)11-13(17)15(6,9-3)10-4;/h8-16,19-20H,17H2,1-7H3;11,16H,7-10H2,1-6H3;/q-1;;/b;12-11-;. The van der Waals surface area contributed by atoms with Crippen molar-refractivity contribution >= 4 is 59.4 Å². The van der Waals surface area contributed by atoms with Gasteiger partial charge in [-0.3, -0.25) is 9.78 Å². The molecule has 0 aliphatic rings. The molecular weight excluding hydrogens is 903 g/mol. The molecule has 3 aromatic heterocycles. The fourth-order valence-electron chi connectivity index (χ4n) is 7.43. The predicted octanol–water partition coefficient (Wildman–Crippen LogP) is 15.6. The number of benzene rings is 3. The Morgan fingerprint density at radius 1 is 0.857 bits per heavy atom. The number of pyridine rings is 1. The molecule has 0 fully saturated rings. The van der Waals surface area contributed by atoms with E-state index in [2.05, 4.69) is 109 Å². The summed E-state index contributed by atoms with van der Waals surface area (Å²) in [5.74, 6) is 0.910. The Hall–Kier alpha value is -3.15. The molecule has 0 aliphatic heterocycles. The third-order valence-corrected chi connectivity index (χ3v) is 14.6. The summed E-state index contributed by atoms with van der Waals surface area (Å²) in [5, 5.41) is 15.3. The van der Waals surface area contributed by atoms with Gasteiger partial charge in [0.15, 0.2) is 5.78 Å². The van der Waals surface area contributed by atoms with Crippen LogP contribution in [0.2, 0.25) is 0 Å². The second kappa shape index (κ2) is 18.2. The molecule has 3 heterocycles. The van der Waals surface area contributed by atoms with Gasteiger partial charge in [0.05, 0.1) is 0 Å². The molecule has 0 saturated heterocycles. The summed E-state index contributed by atoms with van der Waals surface area (Å²) >= 11 is 3.83. The number of hydrogen-bond donors (Lipinski definition) is 1. The van der Waals surface area contributed by atoms with Gasteiger partial charge in [0.2, 0.25) is 0 Å². The van der Waals surface area contributed by atoms with E-state index in [-0.39, 0.29) is 47.9 Å². The quantitative estimate of drug-likeness (QED) is 0.0800. The van der Waals surface area contributed by atoms with Gasteiger partial charge in [-0.2, -0.15) is 0 Å². The Labute approximate surface area is 358 Å². The van der Waals surface area contributed by atoms with Crippen LogP contribution in [0.25, 0.3) is 52.6 Å². The summed E-state index contributed by atoms with van der Waals surface area (Å²) in [5.41, 5.74) is 7.10. The molecule has 0 spiro atoms. The first kappa shape index (κ1) is 45.6. The summed E-state index contributed by atoms with van der Waals surface area (Å²) in [6.45, 7) is 28.2. The van der Waals surface area contributed by atoms with Crippen LogP contribution in [0.3, 0.4) is 0 Å². The fourth-order valence-corrected chi connectivity index (χ4v) is 9.89. The minimum Gasteiger partial charge on any atom is -0.512 e. The minimum absolute atomic E-state index is 0. The molecule has 0 atom stereocenters. The zero-order chi connectivity index (χ0) is 40.5. The third kappa shape index (κ3) is 9.10. The fraction of sp³-hybridized carbons (Fsp3) is 0.440. The van der Waals surface area contributed by atoms with Crippen LogP contribution in [-0.4, -0.2) is 15.9 Å². The van der Waals surface area contributed by atoms with Crippen molar-refractivity contribution < 1.29 is 30.0 Å². The molecule has 6 rings (SSSR count). The average molecular weight is 965 g/mol. The van der Waals surface area contributed by atoms with Crippen molar-refractivity contribution in [1.29, 1.82) is 0 Å². The van der Waals surface area contributed by atoms with Crippen LogP contribution in [0.15, 0.2) is 72.6 Å². The summed E-state index contributed by atoms with van der Waals surface area (Å²) < 4.78 is 2.64. The molecule has 0 saturated carbocycles. The zero-order valence-corrected chi connectivity index (χ0v) is 39.9. The van der Waals surface area contributed by atoms with Crippen LogP contribution in [0.5, 0.6) is 0 Å². The van der Waals surface area contributed by atoms with Gasteiger partial charge in [0.1, 0.15) is 5.76 Å². The van der Waals surface area contributed by atoms with Crippen molar-refractivity contribution in [2.24, 2.45) is 16.7 Å². The maximum Gasteiger partial charge on any atom is 0.164 e. The summed E-state index contributed by atoms with van der Waals surface area (Å²) in [6, 6.07) is 23.7. The number of aryl methyl sites for hydroxylation is 2. The Kier molecular flexibility index (Phi) is 14.8. The van der Waals surface area contributed by atoms with Crippen molar-refractivity contribution in [2.75, 3.05) is 0 Å². The zero-order valence-electron chi connectivity index (χ0n) is 35.9. The molecule has 3 aromatic carbocycles. The van der Waals surface area contributed by atoms with E-state index in [9.17, 15) is 9.90 Å². The maximum absolute atomic E-state index is 12.2. The number of allylic oxidation sites excluding steroid dienone is 2. The number of thiophene rings is 2. The molecule has 0 bridgehead atoms. The first-order valence-corrected chi connectivity index (χ1v) is 21.9. The van der Waals surface area contributed by atoms with Gasteiger partial charge >= 0.3 is 0 Å². The van der Waals surface area contributed by atoms with E-state index >= 15 is 0 Å². The van der Waals surface area contributed by atoms with E-state index in [0.717, 1.165) is 48.7 Å². The van der Waals surface area contributed by atoms with Crippen molar-refractivity contribution in [3.63, 3.8) is 0 Å². The van der Waals surface area contributed by atoms with Gasteiger partial charge in [0.25, 0.3) is 0 Å². The SMILES string of the molecule is CCC(C)(CC)C(=O)/C=C(\O)C(C)(CC)CC.Cc1sc2cccc(-c3sc4c(-c5[c-]c6ccccc6c(C(C)(C)C)c5)nccc4c3C)c2c1CC(C)C.[Ir]. The smallest absolute Gasteiger partial charge is 0.164 e. The number of ketones is 1. The van der Waals surface area contributed by atoms with Crippen LogP contribution in [0, 0.1) is 36.7 Å². The van der Waals surface area contributed by atoms with Crippen LogP contribution >= 0.6 is 22.7 Å². The molecule has 1 N–H and O–H groups in total. The van der Waals surface area contributed by atoms with Gasteiger partial charge < -0.3 is 5.11 Å². The predicted molar refractivity (Wildman–Crippen MR) is 242 cm³/mol. The molecule has 56 heavy (non-hydrogen) atoms. The molecule has 301 valence electrons. The maximum atomic E-state index is 12.2. The van der Waals surface area contributed by atoms with E-state index in [4.69, 9.17) is 4.98 Å². The number of hydrogen-bond acceptors (Lipinski definition) is 5. The van der Waals surface area contributed by atoms with Crippen molar-refractivity contribution in [2.45, 2.75) is 128 Å². The van der Waals surface area contributed by atoms with Crippen LogP contribution < -0.4 is 0 Å². The van der Waals surface area contributed by atoms with Crippen LogP contribution in [0.1, 0.15) is 123 Å². The number of carbonyl (C=O) groups is 1. The monoisotopic (exact) mass is 965 g/mol.